The van der Waals surface area contributed by atoms with Gasteiger partial charge in [0, 0.05) is 34.3 Å². The zero-order valence-electron chi connectivity index (χ0n) is 20.2. The van der Waals surface area contributed by atoms with Gasteiger partial charge in [-0.25, -0.2) is 4.79 Å². The smallest absolute Gasteiger partial charge is 0.340 e. The highest BCUT2D eigenvalue weighted by atomic mass is 79.9. The highest BCUT2D eigenvalue weighted by molar-refractivity contribution is 9.10. The Morgan fingerprint density at radius 3 is 2.56 bits per heavy atom. The molecule has 4 rings (SSSR count). The number of methoxy groups -OCH3 is 1. The largest absolute Gasteiger partial charge is 0.496 e. The maximum Gasteiger partial charge on any atom is 0.340 e. The monoisotopic (exact) mass is 544 g/mol. The molecule has 1 heterocycles. The number of ether oxygens (including phenoxy) is 2. The van der Waals surface area contributed by atoms with E-state index in [9.17, 15) is 4.79 Å². The summed E-state index contributed by atoms with van der Waals surface area (Å²) in [5, 5.41) is 0.907. The molecule has 7 heteroatoms. The molecule has 0 bridgehead atoms. The van der Waals surface area contributed by atoms with Gasteiger partial charge in [0.2, 0.25) is 0 Å². The second-order valence-corrected chi connectivity index (χ2v) is 10.9. The number of hydrogen-bond donors (Lipinski definition) is 0. The lowest BCUT2D eigenvalue weighted by molar-refractivity contribution is 0.0482. The van der Waals surface area contributed by atoms with Crippen LogP contribution in [0.3, 0.4) is 0 Å². The lowest BCUT2D eigenvalue weighted by Gasteiger charge is -2.27. The molecule has 0 atom stereocenters. The minimum Gasteiger partial charge on any atom is -0.496 e. The van der Waals surface area contributed by atoms with Crippen LogP contribution < -0.4 is 4.74 Å². The van der Waals surface area contributed by atoms with E-state index in [-0.39, 0.29) is 5.97 Å². The van der Waals surface area contributed by atoms with Gasteiger partial charge in [-0.1, -0.05) is 37.5 Å². The Balaban J connectivity index is 1.84. The van der Waals surface area contributed by atoms with Crippen molar-refractivity contribution < 1.29 is 14.3 Å². The molecule has 5 nitrogen and oxygen atoms in total. The number of rotatable bonds is 9. The molecule has 1 aliphatic carbocycles. The van der Waals surface area contributed by atoms with Gasteiger partial charge in [0.15, 0.2) is 0 Å². The summed E-state index contributed by atoms with van der Waals surface area (Å²) < 4.78 is 14.7. The van der Waals surface area contributed by atoms with Crippen LogP contribution >= 0.6 is 27.7 Å². The molecule has 182 valence electrons. The van der Waals surface area contributed by atoms with Gasteiger partial charge in [0.25, 0.3) is 0 Å². The topological polar surface area (TPSA) is 43.7 Å². The summed E-state index contributed by atoms with van der Waals surface area (Å²) in [7, 11) is 5.62. The van der Waals surface area contributed by atoms with Crippen LogP contribution in [0.1, 0.15) is 54.2 Å². The van der Waals surface area contributed by atoms with Gasteiger partial charge in [-0.3, -0.25) is 0 Å². The summed E-state index contributed by atoms with van der Waals surface area (Å²) in [5.74, 6) is 1.17. The molecule has 1 aliphatic rings. The molecule has 0 spiro atoms. The molecule has 3 aromatic rings. The van der Waals surface area contributed by atoms with Crippen LogP contribution in [0.2, 0.25) is 0 Å². The Hall–Kier alpha value is -1.96. The van der Waals surface area contributed by atoms with E-state index in [1.807, 2.05) is 31.1 Å². The van der Waals surface area contributed by atoms with E-state index in [1.165, 1.54) is 24.2 Å². The molecular weight excluding hydrogens is 512 g/mol. The van der Waals surface area contributed by atoms with Crippen molar-refractivity contribution in [2.45, 2.75) is 48.8 Å². The third-order valence-electron chi connectivity index (χ3n) is 6.41. The van der Waals surface area contributed by atoms with Crippen LogP contribution in [0, 0.1) is 0 Å². The van der Waals surface area contributed by atoms with Crippen LogP contribution in [0.5, 0.6) is 5.75 Å². The molecule has 1 fully saturated rings. The Kier molecular flexibility index (Phi) is 8.61. The number of carbonyl (C=O) groups excluding carboxylic acids is 1. The zero-order valence-corrected chi connectivity index (χ0v) is 22.6. The third kappa shape index (κ3) is 5.64. The van der Waals surface area contributed by atoms with Crippen molar-refractivity contribution in [2.24, 2.45) is 0 Å². The van der Waals surface area contributed by atoms with E-state index in [1.54, 1.807) is 18.9 Å². The molecule has 0 saturated heterocycles. The number of halogens is 1. The lowest BCUT2D eigenvalue weighted by Crippen LogP contribution is -2.21. The van der Waals surface area contributed by atoms with Crippen molar-refractivity contribution in [3.8, 4) is 5.75 Å². The molecule has 0 unspecified atom stereocenters. The minimum atomic E-state index is -0.255. The number of hydrogen-bond acceptors (Lipinski definition) is 5. The van der Waals surface area contributed by atoms with Crippen molar-refractivity contribution in [1.82, 2.24) is 9.47 Å². The number of fused-ring (bicyclic) bond motifs is 1. The quantitative estimate of drug-likeness (QED) is 0.216. The first-order chi connectivity index (χ1) is 16.5. The number of aromatic nitrogens is 1. The summed E-state index contributed by atoms with van der Waals surface area (Å²) in [5.41, 5.74) is 2.79. The second-order valence-electron chi connectivity index (χ2n) is 9.03. The van der Waals surface area contributed by atoms with Gasteiger partial charge in [-0.05, 0) is 67.1 Å². The van der Waals surface area contributed by atoms with E-state index < -0.39 is 0 Å². The number of likely N-dealkylation sites (N-methyl/N-ethyl adjacent to an activating group) is 1. The Labute approximate surface area is 214 Å². The van der Waals surface area contributed by atoms with E-state index >= 15 is 0 Å². The SMILES string of the molecule is COc1cc2c(C(=O)OCCN(C)C)c(CSc3ccccc3)n(C3CCCCC3)c2cc1Br. The maximum atomic E-state index is 13.5. The molecule has 1 saturated carbocycles. The number of esters is 1. The fraction of sp³-hybridized carbons (Fsp3) is 0.444. The molecule has 0 radical (unpaired) electrons. The Morgan fingerprint density at radius 2 is 1.88 bits per heavy atom. The fourth-order valence-corrected chi connectivity index (χ4v) is 6.14. The molecule has 0 aliphatic heterocycles. The molecule has 2 aromatic carbocycles. The van der Waals surface area contributed by atoms with E-state index in [4.69, 9.17) is 9.47 Å². The van der Waals surface area contributed by atoms with Crippen LogP contribution in [-0.2, 0) is 10.5 Å². The Bertz CT molecular complexity index is 1120. The number of benzene rings is 2. The van der Waals surface area contributed by atoms with Crippen molar-refractivity contribution in [3.63, 3.8) is 0 Å². The molecular formula is C27H33BrN2O3S. The van der Waals surface area contributed by atoms with Gasteiger partial charge in [0.05, 0.1) is 22.7 Å². The summed E-state index contributed by atoms with van der Waals surface area (Å²) in [6.07, 6.45) is 5.98. The predicted molar refractivity (Wildman–Crippen MR) is 143 cm³/mol. The first-order valence-electron chi connectivity index (χ1n) is 11.9. The van der Waals surface area contributed by atoms with Gasteiger partial charge < -0.3 is 18.9 Å². The standard InChI is InChI=1S/C27H33BrN2O3S/c1-29(2)14-15-33-27(31)26-21-16-25(32-3)22(28)17-23(21)30(19-10-6-4-7-11-19)24(26)18-34-20-12-8-5-9-13-20/h5,8-9,12-13,16-17,19H,4,6-7,10-11,14-15,18H2,1-3H3. The maximum absolute atomic E-state index is 13.5. The Morgan fingerprint density at radius 1 is 1.15 bits per heavy atom. The van der Waals surface area contributed by atoms with Crippen molar-refractivity contribution in [2.75, 3.05) is 34.4 Å². The lowest BCUT2D eigenvalue weighted by atomic mass is 9.95. The van der Waals surface area contributed by atoms with E-state index in [0.717, 1.165) is 39.7 Å². The highest BCUT2D eigenvalue weighted by Crippen LogP contribution is 2.42. The number of thioether (sulfide) groups is 1. The highest BCUT2D eigenvalue weighted by Gasteiger charge is 2.29. The number of nitrogens with zero attached hydrogens (tertiary/aromatic N) is 2. The molecule has 34 heavy (non-hydrogen) atoms. The van der Waals surface area contributed by atoms with Crippen LogP contribution in [0.4, 0.5) is 0 Å². The summed E-state index contributed by atoms with van der Waals surface area (Å²) in [6.45, 7) is 1.05. The van der Waals surface area contributed by atoms with Crippen LogP contribution in [-0.4, -0.2) is 49.8 Å². The normalized spacial score (nSPS) is 14.6. The summed E-state index contributed by atoms with van der Waals surface area (Å²) in [6, 6.07) is 14.8. The van der Waals surface area contributed by atoms with Gasteiger partial charge >= 0.3 is 5.97 Å². The van der Waals surface area contributed by atoms with Crippen LogP contribution in [0.25, 0.3) is 10.9 Å². The van der Waals surface area contributed by atoms with Crippen molar-refractivity contribution in [1.29, 1.82) is 0 Å². The molecule has 0 amide bonds. The molecule has 0 N–H and O–H groups in total. The van der Waals surface area contributed by atoms with Gasteiger partial charge in [-0.2, -0.15) is 0 Å². The second kappa shape index (κ2) is 11.6. The van der Waals surface area contributed by atoms with E-state index in [2.05, 4.69) is 50.8 Å². The third-order valence-corrected chi connectivity index (χ3v) is 8.06. The average Bonchev–Trinajstić information content (AvgIpc) is 3.15. The summed E-state index contributed by atoms with van der Waals surface area (Å²) >= 11 is 5.44. The predicted octanol–water partition coefficient (Wildman–Crippen LogP) is 6.93. The van der Waals surface area contributed by atoms with Crippen LogP contribution in [0.15, 0.2) is 51.8 Å². The first-order valence-corrected chi connectivity index (χ1v) is 13.7. The molecule has 1 aromatic heterocycles. The van der Waals surface area contributed by atoms with Crippen molar-refractivity contribution >= 4 is 44.6 Å². The number of carbonyl (C=O) groups is 1. The van der Waals surface area contributed by atoms with Gasteiger partial charge in [0.1, 0.15) is 12.4 Å². The van der Waals surface area contributed by atoms with Crippen molar-refractivity contribution in [3.05, 3.63) is 58.2 Å². The summed E-state index contributed by atoms with van der Waals surface area (Å²) in [4.78, 5) is 16.7. The first kappa shape index (κ1) is 25.1. The minimum absolute atomic E-state index is 0.255. The fourth-order valence-electron chi connectivity index (χ4n) is 4.71. The zero-order chi connectivity index (χ0) is 24.1. The van der Waals surface area contributed by atoms with E-state index in [0.29, 0.717) is 30.5 Å². The van der Waals surface area contributed by atoms with Gasteiger partial charge in [-0.15, -0.1) is 11.8 Å². The average molecular weight is 546 g/mol.